The molecule has 0 fully saturated rings. The predicted molar refractivity (Wildman–Crippen MR) is 113 cm³/mol. The lowest BCUT2D eigenvalue weighted by molar-refractivity contribution is -0.137. The van der Waals surface area contributed by atoms with Gasteiger partial charge in [0.15, 0.2) is 0 Å². The van der Waals surface area contributed by atoms with Gasteiger partial charge in [-0.15, -0.1) is 0 Å². The summed E-state index contributed by atoms with van der Waals surface area (Å²) < 4.78 is 10.8. The van der Waals surface area contributed by atoms with Gasteiger partial charge in [0, 0.05) is 31.0 Å². The molecule has 0 spiro atoms. The third-order valence-corrected chi connectivity index (χ3v) is 4.74. The number of imide groups is 1. The summed E-state index contributed by atoms with van der Waals surface area (Å²) in [5.41, 5.74) is 3.04. The van der Waals surface area contributed by atoms with Crippen molar-refractivity contribution in [2.75, 3.05) is 32.2 Å². The average molecular weight is 394 g/mol. The zero-order valence-corrected chi connectivity index (χ0v) is 17.0. The Morgan fingerprint density at radius 3 is 2.41 bits per heavy atom. The van der Waals surface area contributed by atoms with E-state index in [2.05, 4.69) is 5.32 Å². The molecule has 0 unspecified atom stereocenters. The van der Waals surface area contributed by atoms with E-state index in [4.69, 9.17) is 9.47 Å². The maximum Gasteiger partial charge on any atom is 0.278 e. The van der Waals surface area contributed by atoms with Crippen LogP contribution >= 0.6 is 0 Å². The number of hydrogen-bond acceptors (Lipinski definition) is 5. The van der Waals surface area contributed by atoms with E-state index < -0.39 is 0 Å². The summed E-state index contributed by atoms with van der Waals surface area (Å²) in [5, 5.41) is 3.16. The topological polar surface area (TPSA) is 67.9 Å². The van der Waals surface area contributed by atoms with Gasteiger partial charge in [-0.3, -0.25) is 14.5 Å². The third-order valence-electron chi connectivity index (χ3n) is 4.74. The molecular weight excluding hydrogens is 368 g/mol. The van der Waals surface area contributed by atoms with Gasteiger partial charge < -0.3 is 14.8 Å². The van der Waals surface area contributed by atoms with Crippen LogP contribution in [0.2, 0.25) is 0 Å². The fourth-order valence-corrected chi connectivity index (χ4v) is 3.25. The van der Waals surface area contributed by atoms with Crippen LogP contribution in [0.25, 0.3) is 5.57 Å². The highest BCUT2D eigenvalue weighted by molar-refractivity contribution is 6.37. The number of amides is 2. The van der Waals surface area contributed by atoms with Crippen molar-refractivity contribution in [2.45, 2.75) is 20.3 Å². The van der Waals surface area contributed by atoms with E-state index in [9.17, 15) is 9.59 Å². The number of nitrogens with zero attached hydrogens (tertiary/aromatic N) is 1. The standard InChI is InChI=1S/C23H26N2O4/c1-4-29-15-7-14-25-22(26)20(18-8-5-6-9-19(18)28-3)21(23(25)27)24-17-12-10-16(2)11-13-17/h5-6,8-13,24H,4,7,14-15H2,1-3H3. The molecular formula is C23H26N2O4. The Morgan fingerprint density at radius 2 is 1.72 bits per heavy atom. The Bertz CT molecular complexity index is 919. The molecule has 2 aromatic carbocycles. The number of benzene rings is 2. The minimum absolute atomic E-state index is 0.264. The summed E-state index contributed by atoms with van der Waals surface area (Å²) in [5.74, 6) is -0.124. The number of para-hydroxylation sites is 1. The van der Waals surface area contributed by atoms with E-state index in [1.807, 2.05) is 50.2 Å². The van der Waals surface area contributed by atoms with Crippen LogP contribution in [0.1, 0.15) is 24.5 Å². The summed E-state index contributed by atoms with van der Waals surface area (Å²) in [6.07, 6.45) is 0.586. The summed E-state index contributed by atoms with van der Waals surface area (Å²) in [6.45, 7) is 5.31. The molecule has 29 heavy (non-hydrogen) atoms. The first-order valence-corrected chi connectivity index (χ1v) is 9.72. The fourth-order valence-electron chi connectivity index (χ4n) is 3.25. The Morgan fingerprint density at radius 1 is 1.00 bits per heavy atom. The van der Waals surface area contributed by atoms with E-state index in [0.717, 1.165) is 11.3 Å². The van der Waals surface area contributed by atoms with Crippen LogP contribution in [0, 0.1) is 6.92 Å². The molecule has 1 N–H and O–H groups in total. The van der Waals surface area contributed by atoms with E-state index >= 15 is 0 Å². The maximum atomic E-state index is 13.2. The molecule has 0 aliphatic carbocycles. The average Bonchev–Trinajstić information content (AvgIpc) is 2.96. The molecule has 0 saturated heterocycles. The van der Waals surface area contributed by atoms with E-state index in [1.54, 1.807) is 19.2 Å². The summed E-state index contributed by atoms with van der Waals surface area (Å²) in [4.78, 5) is 27.6. The van der Waals surface area contributed by atoms with E-state index in [-0.39, 0.29) is 17.5 Å². The molecule has 152 valence electrons. The second kappa shape index (κ2) is 9.39. The third kappa shape index (κ3) is 4.49. The summed E-state index contributed by atoms with van der Waals surface area (Å²) in [6, 6.07) is 14.9. The van der Waals surface area contributed by atoms with Crippen molar-refractivity contribution in [3.8, 4) is 5.75 Å². The molecule has 0 bridgehead atoms. The Balaban J connectivity index is 1.98. The van der Waals surface area contributed by atoms with Gasteiger partial charge in [-0.05, 0) is 38.5 Å². The highest BCUT2D eigenvalue weighted by Crippen LogP contribution is 2.35. The van der Waals surface area contributed by atoms with Gasteiger partial charge in [0.05, 0.1) is 12.7 Å². The lowest BCUT2D eigenvalue weighted by Gasteiger charge is -2.15. The Kier molecular flexibility index (Phi) is 6.67. The number of carbonyl (C=O) groups is 2. The van der Waals surface area contributed by atoms with Crippen LogP contribution < -0.4 is 10.1 Å². The van der Waals surface area contributed by atoms with E-state index in [0.29, 0.717) is 43.1 Å². The van der Waals surface area contributed by atoms with Crippen LogP contribution in [-0.4, -0.2) is 43.6 Å². The van der Waals surface area contributed by atoms with Crippen molar-refractivity contribution in [2.24, 2.45) is 0 Å². The molecule has 0 aromatic heterocycles. The maximum absolute atomic E-state index is 13.2. The van der Waals surface area contributed by atoms with Crippen molar-refractivity contribution >= 4 is 23.1 Å². The lowest BCUT2D eigenvalue weighted by atomic mass is 10.0. The van der Waals surface area contributed by atoms with Gasteiger partial charge in [-0.1, -0.05) is 35.9 Å². The van der Waals surface area contributed by atoms with Crippen LogP contribution in [0.15, 0.2) is 54.2 Å². The van der Waals surface area contributed by atoms with Crippen LogP contribution in [0.5, 0.6) is 5.75 Å². The lowest BCUT2D eigenvalue weighted by Crippen LogP contribution is -2.34. The molecule has 6 heteroatoms. The molecule has 0 radical (unpaired) electrons. The first-order chi connectivity index (χ1) is 14.1. The van der Waals surface area contributed by atoms with Crippen molar-refractivity contribution in [1.82, 2.24) is 4.90 Å². The minimum Gasteiger partial charge on any atom is -0.496 e. The van der Waals surface area contributed by atoms with Crippen LogP contribution in [0.4, 0.5) is 5.69 Å². The first-order valence-electron chi connectivity index (χ1n) is 9.72. The number of ether oxygens (including phenoxy) is 2. The van der Waals surface area contributed by atoms with Crippen LogP contribution in [0.3, 0.4) is 0 Å². The zero-order valence-electron chi connectivity index (χ0n) is 17.0. The molecule has 2 amide bonds. The van der Waals surface area contributed by atoms with Crippen LogP contribution in [-0.2, 0) is 14.3 Å². The van der Waals surface area contributed by atoms with Crippen molar-refractivity contribution in [3.63, 3.8) is 0 Å². The minimum atomic E-state index is -0.340. The number of methoxy groups -OCH3 is 1. The highest BCUT2D eigenvalue weighted by atomic mass is 16.5. The smallest absolute Gasteiger partial charge is 0.278 e. The normalized spacial score (nSPS) is 14.0. The largest absolute Gasteiger partial charge is 0.496 e. The molecule has 2 aromatic rings. The second-order valence-corrected chi connectivity index (χ2v) is 6.75. The first kappa shape index (κ1) is 20.6. The van der Waals surface area contributed by atoms with Gasteiger partial charge in [0.25, 0.3) is 11.8 Å². The van der Waals surface area contributed by atoms with Crippen molar-refractivity contribution in [1.29, 1.82) is 0 Å². The number of aryl methyl sites for hydroxylation is 1. The van der Waals surface area contributed by atoms with Gasteiger partial charge >= 0.3 is 0 Å². The van der Waals surface area contributed by atoms with E-state index in [1.165, 1.54) is 4.90 Å². The number of rotatable bonds is 9. The number of carbonyl (C=O) groups excluding carboxylic acids is 2. The van der Waals surface area contributed by atoms with Gasteiger partial charge in [0.1, 0.15) is 11.4 Å². The molecule has 0 saturated carbocycles. The fraction of sp³-hybridized carbons (Fsp3) is 0.304. The molecule has 0 atom stereocenters. The van der Waals surface area contributed by atoms with Gasteiger partial charge in [-0.25, -0.2) is 0 Å². The summed E-state index contributed by atoms with van der Waals surface area (Å²) in [7, 11) is 1.55. The molecule has 6 nitrogen and oxygen atoms in total. The Hall–Kier alpha value is -3.12. The molecule has 1 aliphatic heterocycles. The van der Waals surface area contributed by atoms with Crippen molar-refractivity contribution in [3.05, 3.63) is 65.4 Å². The second-order valence-electron chi connectivity index (χ2n) is 6.75. The SMILES string of the molecule is CCOCCCN1C(=O)C(Nc2ccc(C)cc2)=C(c2ccccc2OC)C1=O. The highest BCUT2D eigenvalue weighted by Gasteiger charge is 2.39. The number of hydrogen-bond donors (Lipinski definition) is 1. The van der Waals surface area contributed by atoms with Crippen molar-refractivity contribution < 1.29 is 19.1 Å². The molecule has 1 aliphatic rings. The zero-order chi connectivity index (χ0) is 20.8. The number of anilines is 1. The quantitative estimate of drug-likeness (QED) is 0.520. The van der Waals surface area contributed by atoms with Gasteiger partial charge in [-0.2, -0.15) is 0 Å². The number of nitrogens with one attached hydrogen (secondary N) is 1. The molecule has 1 heterocycles. The summed E-state index contributed by atoms with van der Waals surface area (Å²) >= 11 is 0. The molecule has 3 rings (SSSR count). The van der Waals surface area contributed by atoms with Gasteiger partial charge in [0.2, 0.25) is 0 Å². The monoisotopic (exact) mass is 394 g/mol. The Labute approximate surface area is 171 Å². The predicted octanol–water partition coefficient (Wildman–Crippen LogP) is 3.62.